The zero-order valence-electron chi connectivity index (χ0n) is 48.5. The summed E-state index contributed by atoms with van der Waals surface area (Å²) in [5.41, 5.74) is 8.25. The molecule has 0 spiro atoms. The van der Waals surface area contributed by atoms with Gasteiger partial charge in [0.15, 0.2) is 22.0 Å². The van der Waals surface area contributed by atoms with Gasteiger partial charge in [0.1, 0.15) is 0 Å². The fraction of sp³-hybridized carbons (Fsp3) is 0. The average molecular weight is 1170 g/mol. The van der Waals surface area contributed by atoms with Crippen LogP contribution in [0, 0.1) is 0 Å². The standard InChI is InChI=1S/C81H56N6Si2/c1-8-28-58(29-9-1)85-74-47-27-24-44-70(74)77-76(85)55-53-69-67-42-22-26-46-73(67)87(78(69)77)81-83-79(57-48-50-65(51-49-57)88(59-30-10-2-11-31-59,60-32-12-3-13-33-60)61-34-14-4-15-35-61)82-80(84-81)86-72-45-25-23-43-68(72)71-56-66(52-54-75(71)86)89(62-36-16-5-17-37-62,63-38-18-6-19-39-63)64-40-20-7-21-41-64/h1-56H. The van der Waals surface area contributed by atoms with Crippen LogP contribution in [0.25, 0.3) is 94.4 Å². The number of rotatable bonds is 12. The highest BCUT2D eigenvalue weighted by molar-refractivity contribution is 7.20. The molecule has 0 bridgehead atoms. The number of aromatic nitrogens is 6. The van der Waals surface area contributed by atoms with Crippen LogP contribution < -0.4 is 41.5 Å². The van der Waals surface area contributed by atoms with Crippen molar-refractivity contribution in [3.63, 3.8) is 0 Å². The van der Waals surface area contributed by atoms with Crippen LogP contribution in [0.3, 0.4) is 0 Å². The Kier molecular flexibility index (Phi) is 12.5. The minimum atomic E-state index is -2.92. The summed E-state index contributed by atoms with van der Waals surface area (Å²) in [6.07, 6.45) is 0. The SMILES string of the molecule is c1ccc(-n2c3ccccc3c3c2ccc2c4ccccc4n(-c4nc(-c5ccc([Si](c6ccccc6)(c6ccccc6)c6ccccc6)cc5)nc(-n5c6ccccc6c6cc([Si](c7ccccc7)(c7ccccc7)c7ccccc7)ccc65)n4)c23)cc1. The molecule has 0 saturated carbocycles. The van der Waals surface area contributed by atoms with E-state index >= 15 is 0 Å². The van der Waals surface area contributed by atoms with E-state index in [0.29, 0.717) is 17.7 Å². The van der Waals surface area contributed by atoms with E-state index in [-0.39, 0.29) is 0 Å². The summed E-state index contributed by atoms with van der Waals surface area (Å²) in [6, 6.07) is 125. The van der Waals surface area contributed by atoms with E-state index in [4.69, 9.17) is 15.0 Å². The van der Waals surface area contributed by atoms with Gasteiger partial charge in [0, 0.05) is 43.6 Å². The molecule has 89 heavy (non-hydrogen) atoms. The topological polar surface area (TPSA) is 53.5 Å². The second-order valence-corrected chi connectivity index (χ2v) is 30.6. The summed E-state index contributed by atoms with van der Waals surface area (Å²) in [5, 5.41) is 17.2. The van der Waals surface area contributed by atoms with Gasteiger partial charge in [-0.2, -0.15) is 15.0 Å². The molecule has 0 unspecified atom stereocenters. The van der Waals surface area contributed by atoms with E-state index in [9.17, 15) is 0 Å². The molecular formula is C81H56N6Si2. The smallest absolute Gasteiger partial charge is 0.240 e. The average Bonchev–Trinajstić information content (AvgIpc) is 1.55. The van der Waals surface area contributed by atoms with Crippen molar-refractivity contribution in [3.05, 3.63) is 340 Å². The van der Waals surface area contributed by atoms with Crippen molar-refractivity contribution in [2.24, 2.45) is 0 Å². The van der Waals surface area contributed by atoms with Crippen LogP contribution in [0.1, 0.15) is 0 Å². The lowest BCUT2D eigenvalue weighted by Crippen LogP contribution is -2.74. The summed E-state index contributed by atoms with van der Waals surface area (Å²) in [6.45, 7) is 0. The number of benzene rings is 13. The molecule has 0 saturated heterocycles. The van der Waals surface area contributed by atoms with Crippen LogP contribution >= 0.6 is 0 Å². The lowest BCUT2D eigenvalue weighted by atomic mass is 10.1. The Balaban J connectivity index is 0.952. The van der Waals surface area contributed by atoms with Crippen LogP contribution in [0.5, 0.6) is 0 Å². The highest BCUT2D eigenvalue weighted by atomic mass is 28.3. The lowest BCUT2D eigenvalue weighted by Gasteiger charge is -2.34. The van der Waals surface area contributed by atoms with Crippen molar-refractivity contribution in [1.29, 1.82) is 0 Å². The Labute approximate surface area is 517 Å². The van der Waals surface area contributed by atoms with Gasteiger partial charge in [-0.25, -0.2) is 0 Å². The maximum Gasteiger partial charge on any atom is 0.240 e. The summed E-state index contributed by atoms with van der Waals surface area (Å²) in [4.78, 5) is 17.2. The normalized spacial score (nSPS) is 12.0. The number of para-hydroxylation sites is 4. The highest BCUT2D eigenvalue weighted by Crippen LogP contribution is 2.42. The minimum absolute atomic E-state index is 0.525. The number of hydrogen-bond donors (Lipinski definition) is 0. The van der Waals surface area contributed by atoms with Crippen LogP contribution in [0.4, 0.5) is 0 Å². The quantitative estimate of drug-likeness (QED) is 0.0905. The Hall–Kier alpha value is -11.3. The predicted molar refractivity (Wildman–Crippen MR) is 376 cm³/mol. The monoisotopic (exact) mass is 1170 g/mol. The lowest BCUT2D eigenvalue weighted by molar-refractivity contribution is 0.894. The number of nitrogens with zero attached hydrogens (tertiary/aromatic N) is 6. The molecule has 418 valence electrons. The maximum absolute atomic E-state index is 5.80. The first kappa shape index (κ1) is 52.1. The van der Waals surface area contributed by atoms with Gasteiger partial charge in [-0.3, -0.25) is 9.13 Å². The van der Waals surface area contributed by atoms with Gasteiger partial charge in [-0.15, -0.1) is 0 Å². The molecule has 17 aromatic rings. The molecule has 0 amide bonds. The van der Waals surface area contributed by atoms with E-state index in [1.807, 2.05) is 0 Å². The fourth-order valence-electron chi connectivity index (χ4n) is 14.7. The van der Waals surface area contributed by atoms with Gasteiger partial charge < -0.3 is 4.57 Å². The molecule has 0 aliphatic carbocycles. The summed E-state index contributed by atoms with van der Waals surface area (Å²) >= 11 is 0. The van der Waals surface area contributed by atoms with Gasteiger partial charge in [-0.05, 0) is 84.0 Å². The van der Waals surface area contributed by atoms with Crippen LogP contribution in [0.15, 0.2) is 340 Å². The van der Waals surface area contributed by atoms with Crippen LogP contribution in [0.2, 0.25) is 0 Å². The van der Waals surface area contributed by atoms with Gasteiger partial charge in [-0.1, -0.05) is 297 Å². The van der Waals surface area contributed by atoms with Crippen molar-refractivity contribution in [2.75, 3.05) is 0 Å². The zero-order valence-corrected chi connectivity index (χ0v) is 50.5. The van der Waals surface area contributed by atoms with Gasteiger partial charge >= 0.3 is 0 Å². The largest absolute Gasteiger partial charge is 0.309 e. The summed E-state index contributed by atoms with van der Waals surface area (Å²) in [5.74, 6) is 1.62. The molecule has 0 fully saturated rings. The third-order valence-corrected chi connectivity index (χ3v) is 28.0. The summed E-state index contributed by atoms with van der Waals surface area (Å²) in [7, 11) is -5.79. The van der Waals surface area contributed by atoms with E-state index in [1.165, 1.54) is 41.5 Å². The molecule has 0 aliphatic heterocycles. The van der Waals surface area contributed by atoms with Gasteiger partial charge in [0.25, 0.3) is 0 Å². The van der Waals surface area contributed by atoms with Crippen molar-refractivity contribution < 1.29 is 0 Å². The van der Waals surface area contributed by atoms with Crippen molar-refractivity contribution in [1.82, 2.24) is 28.7 Å². The fourth-order valence-corrected chi connectivity index (χ4v) is 24.2. The van der Waals surface area contributed by atoms with Gasteiger partial charge in [0.2, 0.25) is 11.9 Å². The molecule has 13 aromatic carbocycles. The van der Waals surface area contributed by atoms with Crippen LogP contribution in [-0.4, -0.2) is 44.8 Å². The maximum atomic E-state index is 5.80. The van der Waals surface area contributed by atoms with E-state index in [1.54, 1.807) is 0 Å². The van der Waals surface area contributed by atoms with Crippen molar-refractivity contribution in [3.8, 4) is 29.0 Å². The van der Waals surface area contributed by atoms with Crippen molar-refractivity contribution >= 4 is 123 Å². The zero-order chi connectivity index (χ0) is 58.9. The first-order valence-corrected chi connectivity index (χ1v) is 34.4. The molecule has 0 atom stereocenters. The van der Waals surface area contributed by atoms with E-state index in [0.717, 1.165) is 76.7 Å². The Bertz CT molecular complexity index is 5270. The Morgan fingerprint density at radius 2 is 0.573 bits per heavy atom. The van der Waals surface area contributed by atoms with Crippen molar-refractivity contribution in [2.45, 2.75) is 0 Å². The highest BCUT2D eigenvalue weighted by Gasteiger charge is 2.43. The molecule has 0 radical (unpaired) electrons. The molecule has 8 heteroatoms. The van der Waals surface area contributed by atoms with Crippen LogP contribution in [-0.2, 0) is 0 Å². The summed E-state index contributed by atoms with van der Waals surface area (Å²) < 4.78 is 6.97. The number of fused-ring (bicyclic) bond motifs is 10. The molecule has 0 N–H and O–H groups in total. The second-order valence-electron chi connectivity index (χ2n) is 23.0. The first-order chi connectivity index (χ1) is 44.2. The Morgan fingerprint density at radius 3 is 1.07 bits per heavy atom. The molecule has 0 aliphatic rings. The third kappa shape index (κ3) is 8.11. The Morgan fingerprint density at radius 1 is 0.225 bits per heavy atom. The second kappa shape index (κ2) is 21.3. The minimum Gasteiger partial charge on any atom is -0.309 e. The molecule has 4 aromatic heterocycles. The van der Waals surface area contributed by atoms with E-state index in [2.05, 4.69) is 353 Å². The number of hydrogen-bond acceptors (Lipinski definition) is 3. The third-order valence-electron chi connectivity index (χ3n) is 18.4. The molecule has 4 heterocycles. The molecule has 6 nitrogen and oxygen atoms in total. The molecular weight excluding hydrogens is 1110 g/mol. The first-order valence-electron chi connectivity index (χ1n) is 30.4. The predicted octanol–water partition coefficient (Wildman–Crippen LogP) is 13.6. The van der Waals surface area contributed by atoms with Gasteiger partial charge in [0.05, 0.1) is 33.1 Å². The van der Waals surface area contributed by atoms with E-state index < -0.39 is 16.1 Å². The molecule has 17 rings (SSSR count).